The van der Waals surface area contributed by atoms with Gasteiger partial charge in [0.15, 0.2) is 0 Å². The number of nitrogens with one attached hydrogen (secondary N) is 2. The Morgan fingerprint density at radius 3 is 1.71 bits per heavy atom. The molecule has 0 atom stereocenters. The number of rotatable bonds is 3. The predicted molar refractivity (Wildman–Crippen MR) is 74.5 cm³/mol. The van der Waals surface area contributed by atoms with Gasteiger partial charge in [0.05, 0.1) is 8.47 Å². The normalized spacial score (nSPS) is 23.0. The molecule has 4 nitrogen and oxygen atoms in total. The van der Waals surface area contributed by atoms with Crippen molar-refractivity contribution < 1.29 is 0 Å². The summed E-state index contributed by atoms with van der Waals surface area (Å²) in [7, 11) is 3.13. The molecule has 0 aromatic rings. The molecule has 0 aromatic heterocycles. The first-order valence-corrected chi connectivity index (χ1v) is 7.86. The fourth-order valence-corrected chi connectivity index (χ4v) is 5.02. The lowest BCUT2D eigenvalue weighted by atomic mass is 11.1. The van der Waals surface area contributed by atoms with Crippen molar-refractivity contribution in [3.63, 3.8) is 0 Å². The van der Waals surface area contributed by atoms with Gasteiger partial charge >= 0.3 is 0 Å². The van der Waals surface area contributed by atoms with Crippen molar-refractivity contribution in [2.24, 2.45) is 0 Å². The average Bonchev–Trinajstić information content (AvgIpc) is 2.72. The molecule has 2 aliphatic heterocycles. The number of hydrogen-bond donors (Lipinski definition) is 4. The molecule has 0 amide bonds. The zero-order chi connectivity index (χ0) is 9.97. The molecule has 0 fully saturated rings. The number of nitrogens with zero attached hydrogens (tertiary/aromatic N) is 2. The third-order valence-electron chi connectivity index (χ3n) is 1.11. The van der Waals surface area contributed by atoms with E-state index in [0.717, 1.165) is 8.47 Å². The Morgan fingerprint density at radius 1 is 1.00 bits per heavy atom. The van der Waals surface area contributed by atoms with E-state index in [1.54, 1.807) is 22.0 Å². The van der Waals surface area contributed by atoms with Crippen molar-refractivity contribution >= 4 is 71.1 Å². The summed E-state index contributed by atoms with van der Waals surface area (Å²) < 4.78 is 5.72. The highest BCUT2D eigenvalue weighted by atomic mass is 33.1. The second-order valence-corrected chi connectivity index (χ2v) is 8.00. The van der Waals surface area contributed by atoms with Crippen LogP contribution in [0.4, 0.5) is 0 Å². The summed E-state index contributed by atoms with van der Waals surface area (Å²) in [5, 5.41) is 0. The molecule has 2 aliphatic rings. The summed E-state index contributed by atoms with van der Waals surface area (Å²) in [5.41, 5.74) is 6.08. The molecule has 2 rings (SSSR count). The molecule has 10 heteroatoms. The van der Waals surface area contributed by atoms with E-state index in [9.17, 15) is 0 Å². The van der Waals surface area contributed by atoms with Gasteiger partial charge in [0.2, 0.25) is 0 Å². The van der Waals surface area contributed by atoms with Gasteiger partial charge in [-0.1, -0.05) is 7.64 Å². The lowest BCUT2D eigenvalue weighted by Gasteiger charge is -2.16. The second kappa shape index (κ2) is 5.43. The average molecular weight is 303 g/mol. The molecule has 0 saturated carbocycles. The van der Waals surface area contributed by atoms with Crippen molar-refractivity contribution in [1.82, 2.24) is 18.5 Å². The first-order chi connectivity index (χ1) is 6.74. The highest BCUT2D eigenvalue weighted by Gasteiger charge is 2.18. The molecular weight excluding hydrogens is 296 g/mol. The van der Waals surface area contributed by atoms with Crippen LogP contribution >= 0.6 is 71.1 Å². The maximum Gasteiger partial charge on any atom is 0.0726 e. The molecule has 78 valence electrons. The van der Waals surface area contributed by atoms with Crippen LogP contribution in [0.25, 0.3) is 0 Å². The Balaban J connectivity index is 1.65. The highest BCUT2D eigenvalue weighted by molar-refractivity contribution is 8.77. The van der Waals surface area contributed by atoms with Gasteiger partial charge in [-0.2, -0.15) is 0 Å². The summed E-state index contributed by atoms with van der Waals surface area (Å²) >= 11 is 11.5. The summed E-state index contributed by atoms with van der Waals surface area (Å²) in [6, 6.07) is 0. The van der Waals surface area contributed by atoms with Crippen molar-refractivity contribution in [2.75, 3.05) is 0 Å². The molecule has 0 aliphatic carbocycles. The van der Waals surface area contributed by atoms with Crippen LogP contribution in [-0.4, -0.2) is 7.64 Å². The van der Waals surface area contributed by atoms with Crippen LogP contribution in [0.5, 0.6) is 0 Å². The van der Waals surface area contributed by atoms with E-state index in [1.165, 1.54) is 23.9 Å². The summed E-state index contributed by atoms with van der Waals surface area (Å²) in [4.78, 5) is 0. The van der Waals surface area contributed by atoms with Gasteiger partial charge in [0.25, 0.3) is 0 Å². The molecule has 0 bridgehead atoms. The lowest BCUT2D eigenvalue weighted by Crippen LogP contribution is -2.18. The Morgan fingerprint density at radius 2 is 1.43 bits per heavy atom. The first-order valence-electron chi connectivity index (χ1n) is 3.35. The minimum Gasteiger partial charge on any atom is -0.304 e. The standard InChI is InChI=1S/C4H6N4S6/c9-3-1-5-7(11-3)13-14-8-6-2-4(10)12-8/h1-2,5-6,9-10H. The van der Waals surface area contributed by atoms with Gasteiger partial charge in [0.1, 0.15) is 0 Å². The van der Waals surface area contributed by atoms with E-state index >= 15 is 0 Å². The van der Waals surface area contributed by atoms with Gasteiger partial charge in [-0.25, -0.2) is 0 Å². The maximum absolute atomic E-state index is 4.21. The molecule has 2 heterocycles. The topological polar surface area (TPSA) is 30.5 Å². The Kier molecular flexibility index (Phi) is 4.50. The fourth-order valence-electron chi connectivity index (χ4n) is 0.625. The molecule has 0 radical (unpaired) electrons. The lowest BCUT2D eigenvalue weighted by molar-refractivity contribution is 0.663. The van der Waals surface area contributed by atoms with Crippen molar-refractivity contribution in [2.45, 2.75) is 0 Å². The molecule has 14 heavy (non-hydrogen) atoms. The van der Waals surface area contributed by atoms with E-state index in [1.807, 2.05) is 20.0 Å². The van der Waals surface area contributed by atoms with Gasteiger partial charge in [0, 0.05) is 58.3 Å². The van der Waals surface area contributed by atoms with Crippen LogP contribution in [0.15, 0.2) is 20.9 Å². The highest BCUT2D eigenvalue weighted by Crippen LogP contribution is 2.43. The minimum absolute atomic E-state index is 0.952. The van der Waals surface area contributed by atoms with Crippen LogP contribution in [-0.2, 0) is 0 Å². The Hall–Kier alpha value is 1.10. The van der Waals surface area contributed by atoms with Crippen LogP contribution in [0, 0.1) is 0 Å². The third kappa shape index (κ3) is 3.30. The molecule has 2 N–H and O–H groups in total. The largest absolute Gasteiger partial charge is 0.304 e. The van der Waals surface area contributed by atoms with Crippen LogP contribution in [0.1, 0.15) is 0 Å². The summed E-state index contributed by atoms with van der Waals surface area (Å²) in [5.74, 6) is 0. The van der Waals surface area contributed by atoms with Gasteiger partial charge in [-0.3, -0.25) is 0 Å². The molecule has 0 spiro atoms. The van der Waals surface area contributed by atoms with Gasteiger partial charge in [-0.05, 0) is 0 Å². The van der Waals surface area contributed by atoms with Crippen LogP contribution in [0.3, 0.4) is 0 Å². The third-order valence-corrected chi connectivity index (χ3v) is 6.11. The van der Waals surface area contributed by atoms with E-state index in [2.05, 4.69) is 36.1 Å². The monoisotopic (exact) mass is 302 g/mol. The maximum atomic E-state index is 4.21. The Labute approximate surface area is 110 Å². The predicted octanol–water partition coefficient (Wildman–Crippen LogP) is 2.59. The number of hydrazine groups is 2. The SMILES string of the molecule is SC1=CNN(SSN2NC=C(S)S2)S1. The van der Waals surface area contributed by atoms with Gasteiger partial charge in [-0.15, -0.1) is 25.3 Å². The zero-order valence-corrected chi connectivity index (χ0v) is 11.6. The molecule has 0 saturated heterocycles. The van der Waals surface area contributed by atoms with E-state index < -0.39 is 0 Å². The quantitative estimate of drug-likeness (QED) is 0.360. The smallest absolute Gasteiger partial charge is 0.0726 e. The van der Waals surface area contributed by atoms with Crippen molar-refractivity contribution in [3.05, 3.63) is 20.9 Å². The van der Waals surface area contributed by atoms with Crippen LogP contribution < -0.4 is 10.9 Å². The summed E-state index contributed by atoms with van der Waals surface area (Å²) in [6.07, 6.45) is 3.68. The zero-order valence-electron chi connectivity index (χ0n) is 6.58. The summed E-state index contributed by atoms with van der Waals surface area (Å²) in [6.45, 7) is 0. The second-order valence-electron chi connectivity index (χ2n) is 2.07. The van der Waals surface area contributed by atoms with Gasteiger partial charge < -0.3 is 10.9 Å². The fraction of sp³-hybridized carbons (Fsp3) is 0. The minimum atomic E-state index is 0.952. The van der Waals surface area contributed by atoms with Crippen molar-refractivity contribution in [1.29, 1.82) is 0 Å². The molecular formula is C4H6N4S6. The first kappa shape index (κ1) is 11.6. The van der Waals surface area contributed by atoms with E-state index in [-0.39, 0.29) is 0 Å². The number of thiol groups is 2. The van der Waals surface area contributed by atoms with E-state index in [0.29, 0.717) is 0 Å². The van der Waals surface area contributed by atoms with Crippen LogP contribution in [0.2, 0.25) is 0 Å². The number of hydrogen-bond acceptors (Lipinski definition) is 10. The molecule has 0 unspecified atom stereocenters. The molecule has 0 aromatic carbocycles. The Bertz CT molecular complexity index is 251. The van der Waals surface area contributed by atoms with Crippen molar-refractivity contribution in [3.8, 4) is 0 Å². The van der Waals surface area contributed by atoms with E-state index in [4.69, 9.17) is 0 Å².